The van der Waals surface area contributed by atoms with E-state index in [2.05, 4.69) is 46.6 Å². The van der Waals surface area contributed by atoms with E-state index in [9.17, 15) is 9.90 Å². The molecule has 1 aliphatic heterocycles. The van der Waals surface area contributed by atoms with Crippen molar-refractivity contribution in [2.45, 2.75) is 39.8 Å². The van der Waals surface area contributed by atoms with Gasteiger partial charge in [-0.2, -0.15) is 0 Å². The van der Waals surface area contributed by atoms with Gasteiger partial charge in [0.1, 0.15) is 0 Å². The second-order valence-corrected chi connectivity index (χ2v) is 8.27. The number of rotatable bonds is 5. The van der Waals surface area contributed by atoms with Crippen molar-refractivity contribution in [1.82, 2.24) is 19.8 Å². The van der Waals surface area contributed by atoms with Crippen LogP contribution in [0.25, 0.3) is 5.69 Å². The fraction of sp³-hybridized carbons (Fsp3) is 0.292. The molecule has 0 bridgehead atoms. The Morgan fingerprint density at radius 1 is 1.19 bits per heavy atom. The number of hydrogen-bond donors (Lipinski definition) is 2. The van der Waals surface area contributed by atoms with Gasteiger partial charge in [0.15, 0.2) is 5.11 Å². The van der Waals surface area contributed by atoms with Crippen molar-refractivity contribution in [3.63, 3.8) is 0 Å². The molecule has 1 aliphatic rings. The standard InChI is InChI=1S/C24H26N4O2S/c1-5-27-22(21(26-24(27)31)19-8-6-7-11-25-19)18-12-15(3)28(16(18)4)20-13-17(23(29)30)10-9-14(20)2/h6-13,21-22H,5H2,1-4H3,(H,26,31)(H,29,30)/t21-,22-/m0/s1. The van der Waals surface area contributed by atoms with Crippen molar-refractivity contribution < 1.29 is 9.90 Å². The average Bonchev–Trinajstić information content (AvgIpc) is 3.24. The van der Waals surface area contributed by atoms with E-state index < -0.39 is 5.97 Å². The molecule has 2 N–H and O–H groups in total. The van der Waals surface area contributed by atoms with Crippen LogP contribution >= 0.6 is 12.2 Å². The Labute approximate surface area is 187 Å². The van der Waals surface area contributed by atoms with Gasteiger partial charge in [0, 0.05) is 29.8 Å². The molecular weight excluding hydrogens is 408 g/mol. The number of nitrogens with one attached hydrogen (secondary N) is 1. The Morgan fingerprint density at radius 2 is 1.97 bits per heavy atom. The molecule has 1 saturated heterocycles. The smallest absolute Gasteiger partial charge is 0.335 e. The van der Waals surface area contributed by atoms with E-state index >= 15 is 0 Å². The average molecular weight is 435 g/mol. The van der Waals surface area contributed by atoms with Gasteiger partial charge in [0.05, 0.1) is 23.3 Å². The van der Waals surface area contributed by atoms with Crippen LogP contribution in [0.2, 0.25) is 0 Å². The minimum atomic E-state index is -0.929. The van der Waals surface area contributed by atoms with Crippen molar-refractivity contribution in [2.75, 3.05) is 6.54 Å². The van der Waals surface area contributed by atoms with Gasteiger partial charge in [-0.05, 0) is 81.4 Å². The minimum Gasteiger partial charge on any atom is -0.478 e. The Morgan fingerprint density at radius 3 is 2.61 bits per heavy atom. The molecule has 0 radical (unpaired) electrons. The number of aryl methyl sites for hydroxylation is 2. The first-order valence-corrected chi connectivity index (χ1v) is 10.8. The Balaban J connectivity index is 1.86. The van der Waals surface area contributed by atoms with Gasteiger partial charge in [0.2, 0.25) is 0 Å². The number of carbonyl (C=O) groups is 1. The van der Waals surface area contributed by atoms with Crippen molar-refractivity contribution in [2.24, 2.45) is 0 Å². The minimum absolute atomic E-state index is 0.00434. The fourth-order valence-electron chi connectivity index (χ4n) is 4.53. The highest BCUT2D eigenvalue weighted by Crippen LogP contribution is 2.41. The Bertz CT molecular complexity index is 1160. The first-order chi connectivity index (χ1) is 14.8. The number of thiocarbonyl (C=S) groups is 1. The van der Waals surface area contributed by atoms with Crippen LogP contribution in [0.4, 0.5) is 0 Å². The highest BCUT2D eigenvalue weighted by atomic mass is 32.1. The molecular formula is C24H26N4O2S. The molecule has 2 aromatic heterocycles. The summed E-state index contributed by atoms with van der Waals surface area (Å²) < 4.78 is 2.14. The molecule has 0 amide bonds. The van der Waals surface area contributed by atoms with Crippen LogP contribution in [0.3, 0.4) is 0 Å². The molecule has 6 nitrogen and oxygen atoms in total. The molecule has 2 atom stereocenters. The maximum absolute atomic E-state index is 11.6. The number of carboxylic acids is 1. The molecule has 3 heterocycles. The maximum atomic E-state index is 11.6. The van der Waals surface area contributed by atoms with Crippen LogP contribution in [0, 0.1) is 20.8 Å². The van der Waals surface area contributed by atoms with E-state index in [0.717, 1.165) is 45.6 Å². The van der Waals surface area contributed by atoms with Gasteiger partial charge in [-0.1, -0.05) is 12.1 Å². The zero-order chi connectivity index (χ0) is 22.3. The van der Waals surface area contributed by atoms with Gasteiger partial charge in [-0.3, -0.25) is 4.98 Å². The number of hydrogen-bond acceptors (Lipinski definition) is 3. The summed E-state index contributed by atoms with van der Waals surface area (Å²) in [5.41, 5.74) is 6.40. The second-order valence-electron chi connectivity index (χ2n) is 7.88. The molecule has 31 heavy (non-hydrogen) atoms. The first-order valence-electron chi connectivity index (χ1n) is 10.3. The van der Waals surface area contributed by atoms with Crippen LogP contribution in [0.5, 0.6) is 0 Å². The third-order valence-corrected chi connectivity index (χ3v) is 6.38. The van der Waals surface area contributed by atoms with Gasteiger partial charge in [-0.25, -0.2) is 4.79 Å². The predicted octanol–water partition coefficient (Wildman–Crippen LogP) is 4.49. The topological polar surface area (TPSA) is 70.4 Å². The molecule has 160 valence electrons. The van der Waals surface area contributed by atoms with Crippen LogP contribution in [0.1, 0.15) is 57.6 Å². The molecule has 0 spiro atoms. The normalized spacial score (nSPS) is 18.3. The zero-order valence-electron chi connectivity index (χ0n) is 18.1. The van der Waals surface area contributed by atoms with Crippen molar-refractivity contribution in [3.05, 3.63) is 82.4 Å². The van der Waals surface area contributed by atoms with Crippen LogP contribution in [0.15, 0.2) is 48.7 Å². The van der Waals surface area contributed by atoms with E-state index in [1.165, 1.54) is 0 Å². The van der Waals surface area contributed by atoms with Crippen LogP contribution in [-0.2, 0) is 0 Å². The van der Waals surface area contributed by atoms with Crippen molar-refractivity contribution >= 4 is 23.3 Å². The van der Waals surface area contributed by atoms with Gasteiger partial charge >= 0.3 is 5.97 Å². The van der Waals surface area contributed by atoms with Crippen LogP contribution in [-0.4, -0.2) is 37.2 Å². The third kappa shape index (κ3) is 3.59. The van der Waals surface area contributed by atoms with Gasteiger partial charge < -0.3 is 19.9 Å². The van der Waals surface area contributed by atoms with E-state index in [-0.39, 0.29) is 17.6 Å². The number of pyridine rings is 1. The quantitative estimate of drug-likeness (QED) is 0.577. The SMILES string of the molecule is CCN1C(=S)N[C@@H](c2ccccn2)[C@@H]1c1cc(C)n(-c2cc(C(=O)O)ccc2C)c1C. The molecule has 1 fully saturated rings. The lowest BCUT2D eigenvalue weighted by molar-refractivity contribution is 0.0697. The molecule has 0 aliphatic carbocycles. The maximum Gasteiger partial charge on any atom is 0.335 e. The number of likely N-dealkylation sites (N-methyl/N-ethyl adjacent to an activating group) is 1. The predicted molar refractivity (Wildman–Crippen MR) is 125 cm³/mol. The summed E-state index contributed by atoms with van der Waals surface area (Å²) in [7, 11) is 0. The van der Waals surface area contributed by atoms with Crippen molar-refractivity contribution in [3.8, 4) is 5.69 Å². The lowest BCUT2D eigenvalue weighted by Crippen LogP contribution is -2.29. The highest BCUT2D eigenvalue weighted by molar-refractivity contribution is 7.80. The van der Waals surface area contributed by atoms with E-state index in [1.807, 2.05) is 31.2 Å². The molecule has 4 rings (SSSR count). The number of aromatic nitrogens is 2. The number of carboxylic acid groups (broad SMARTS) is 1. The Hall–Kier alpha value is -3.19. The van der Waals surface area contributed by atoms with E-state index in [1.54, 1.807) is 18.3 Å². The Kier molecular flexibility index (Phi) is 5.54. The zero-order valence-corrected chi connectivity index (χ0v) is 18.9. The van der Waals surface area contributed by atoms with Crippen molar-refractivity contribution in [1.29, 1.82) is 0 Å². The van der Waals surface area contributed by atoms with E-state index in [4.69, 9.17) is 12.2 Å². The first kappa shape index (κ1) is 21.1. The number of aromatic carboxylic acids is 1. The van der Waals surface area contributed by atoms with E-state index in [0.29, 0.717) is 0 Å². The third-order valence-electron chi connectivity index (χ3n) is 6.02. The number of benzene rings is 1. The lowest BCUT2D eigenvalue weighted by atomic mass is 9.97. The van der Waals surface area contributed by atoms with Gasteiger partial charge in [-0.15, -0.1) is 0 Å². The summed E-state index contributed by atoms with van der Waals surface area (Å²) in [5.74, 6) is -0.929. The second kappa shape index (κ2) is 8.15. The summed E-state index contributed by atoms with van der Waals surface area (Å²) in [6, 6.07) is 13.3. The fourth-order valence-corrected chi connectivity index (χ4v) is 4.90. The largest absolute Gasteiger partial charge is 0.478 e. The monoisotopic (exact) mass is 434 g/mol. The molecule has 1 aromatic carbocycles. The molecule has 3 aromatic rings. The molecule has 7 heteroatoms. The lowest BCUT2D eigenvalue weighted by Gasteiger charge is -2.27. The summed E-state index contributed by atoms with van der Waals surface area (Å²) in [5, 5.41) is 13.7. The summed E-state index contributed by atoms with van der Waals surface area (Å²) in [4.78, 5) is 18.3. The summed E-state index contributed by atoms with van der Waals surface area (Å²) in [6.45, 7) is 9.01. The molecule has 0 saturated carbocycles. The number of nitrogens with zero attached hydrogens (tertiary/aromatic N) is 3. The molecule has 0 unspecified atom stereocenters. The summed E-state index contributed by atoms with van der Waals surface area (Å²) >= 11 is 5.65. The van der Waals surface area contributed by atoms with Crippen LogP contribution < -0.4 is 5.32 Å². The summed E-state index contributed by atoms with van der Waals surface area (Å²) in [6.07, 6.45) is 1.80. The highest BCUT2D eigenvalue weighted by Gasteiger charge is 2.40. The van der Waals surface area contributed by atoms with Gasteiger partial charge in [0.25, 0.3) is 0 Å².